The molecule has 0 saturated heterocycles. The van der Waals surface area contributed by atoms with E-state index < -0.39 is 5.97 Å². The van der Waals surface area contributed by atoms with Gasteiger partial charge >= 0.3 is 5.97 Å². The van der Waals surface area contributed by atoms with Crippen molar-refractivity contribution in [1.82, 2.24) is 0 Å². The summed E-state index contributed by atoms with van der Waals surface area (Å²) in [4.78, 5) is 23.7. The molecule has 1 aliphatic rings. The Bertz CT molecular complexity index is 697. The van der Waals surface area contributed by atoms with Crippen molar-refractivity contribution in [2.24, 2.45) is 0 Å². The predicted molar refractivity (Wildman–Crippen MR) is 65.8 cm³/mol. The first kappa shape index (κ1) is 11.0. The number of carbonyl (C=O) groups is 1. The highest BCUT2D eigenvalue weighted by atomic mass is 16.5. The lowest BCUT2D eigenvalue weighted by Gasteiger charge is -2.04. The zero-order valence-electron chi connectivity index (χ0n) is 9.99. The maximum Gasteiger partial charge on any atom is 0.337 e. The minimum absolute atomic E-state index is 0.0190. The fourth-order valence-corrected chi connectivity index (χ4v) is 2.41. The number of benzene rings is 1. The fourth-order valence-electron chi connectivity index (χ4n) is 2.41. The van der Waals surface area contributed by atoms with Crippen molar-refractivity contribution in [1.29, 1.82) is 0 Å². The van der Waals surface area contributed by atoms with E-state index in [2.05, 4.69) is 4.74 Å². The van der Waals surface area contributed by atoms with Crippen LogP contribution in [-0.4, -0.2) is 13.1 Å². The monoisotopic (exact) mass is 244 g/mol. The number of ether oxygens (including phenoxy) is 1. The molecule has 1 aromatic heterocycles. The highest BCUT2D eigenvalue weighted by Gasteiger charge is 2.20. The molecule has 0 unspecified atom stereocenters. The molecule has 0 radical (unpaired) electrons. The number of carbonyl (C=O) groups excluding carboxylic acids is 1. The summed E-state index contributed by atoms with van der Waals surface area (Å²) in [6, 6.07) is 4.81. The lowest BCUT2D eigenvalue weighted by molar-refractivity contribution is 0.0601. The van der Waals surface area contributed by atoms with E-state index in [-0.39, 0.29) is 5.43 Å². The Balaban J connectivity index is 2.28. The van der Waals surface area contributed by atoms with E-state index in [0.29, 0.717) is 16.5 Å². The van der Waals surface area contributed by atoms with Crippen LogP contribution >= 0.6 is 0 Å². The number of methoxy groups -OCH3 is 1. The summed E-state index contributed by atoms with van der Waals surface area (Å²) in [5.74, 6) is 0.343. The van der Waals surface area contributed by atoms with Gasteiger partial charge in [-0.3, -0.25) is 4.79 Å². The van der Waals surface area contributed by atoms with Gasteiger partial charge in [0, 0.05) is 12.0 Å². The molecule has 0 fully saturated rings. The summed E-state index contributed by atoms with van der Waals surface area (Å²) in [5, 5.41) is 0.457. The van der Waals surface area contributed by atoms with Crippen molar-refractivity contribution in [2.75, 3.05) is 7.11 Å². The normalized spacial score (nSPS) is 13.6. The van der Waals surface area contributed by atoms with Crippen LogP contribution in [0.5, 0.6) is 0 Å². The summed E-state index contributed by atoms with van der Waals surface area (Å²) in [6.07, 6.45) is 2.53. The molecule has 0 spiro atoms. The molecule has 0 bridgehead atoms. The van der Waals surface area contributed by atoms with Crippen molar-refractivity contribution in [3.8, 4) is 0 Å². The summed E-state index contributed by atoms with van der Waals surface area (Å²) < 4.78 is 10.3. The Morgan fingerprint density at radius 3 is 2.94 bits per heavy atom. The number of aryl methyl sites for hydroxylation is 1. The maximum absolute atomic E-state index is 12.3. The molecule has 1 aliphatic carbocycles. The topological polar surface area (TPSA) is 56.5 Å². The Morgan fingerprint density at radius 1 is 1.33 bits per heavy atom. The second kappa shape index (κ2) is 3.98. The summed E-state index contributed by atoms with van der Waals surface area (Å²) in [7, 11) is 1.32. The molecule has 1 aromatic carbocycles. The van der Waals surface area contributed by atoms with Crippen LogP contribution in [0.1, 0.15) is 28.1 Å². The van der Waals surface area contributed by atoms with Crippen LogP contribution in [-0.2, 0) is 17.6 Å². The average molecular weight is 244 g/mol. The van der Waals surface area contributed by atoms with Crippen LogP contribution in [0.15, 0.2) is 27.4 Å². The predicted octanol–water partition coefficient (Wildman–Crippen LogP) is 2.07. The second-order valence-electron chi connectivity index (χ2n) is 4.39. The minimum Gasteiger partial charge on any atom is -0.465 e. The van der Waals surface area contributed by atoms with Crippen LogP contribution in [0.3, 0.4) is 0 Å². The van der Waals surface area contributed by atoms with Gasteiger partial charge in [0.15, 0.2) is 5.43 Å². The van der Waals surface area contributed by atoms with Gasteiger partial charge in [0.1, 0.15) is 11.3 Å². The van der Waals surface area contributed by atoms with Crippen molar-refractivity contribution in [3.05, 3.63) is 45.3 Å². The lowest BCUT2D eigenvalue weighted by atomic mass is 10.1. The molecule has 0 aliphatic heterocycles. The van der Waals surface area contributed by atoms with Gasteiger partial charge in [-0.05, 0) is 31.0 Å². The summed E-state index contributed by atoms with van der Waals surface area (Å²) in [5.41, 5.74) is 1.64. The van der Waals surface area contributed by atoms with Gasteiger partial charge in [-0.1, -0.05) is 0 Å². The molecule has 0 amide bonds. The first-order valence-electron chi connectivity index (χ1n) is 5.87. The van der Waals surface area contributed by atoms with E-state index >= 15 is 0 Å². The third kappa shape index (κ3) is 1.53. The van der Waals surface area contributed by atoms with Crippen molar-refractivity contribution < 1.29 is 13.9 Å². The van der Waals surface area contributed by atoms with Gasteiger partial charge < -0.3 is 9.15 Å². The van der Waals surface area contributed by atoms with E-state index in [1.54, 1.807) is 18.2 Å². The molecule has 92 valence electrons. The Kier molecular flexibility index (Phi) is 2.44. The summed E-state index contributed by atoms with van der Waals surface area (Å²) >= 11 is 0. The third-order valence-corrected chi connectivity index (χ3v) is 3.32. The van der Waals surface area contributed by atoms with Gasteiger partial charge in [-0.25, -0.2) is 4.79 Å². The third-order valence-electron chi connectivity index (χ3n) is 3.32. The molecular formula is C14H12O4. The van der Waals surface area contributed by atoms with Crippen LogP contribution in [0, 0.1) is 0 Å². The highest BCUT2D eigenvalue weighted by Crippen LogP contribution is 2.24. The lowest BCUT2D eigenvalue weighted by Crippen LogP contribution is -2.10. The molecule has 1 heterocycles. The van der Waals surface area contributed by atoms with Crippen molar-refractivity contribution in [3.63, 3.8) is 0 Å². The van der Waals surface area contributed by atoms with Crippen molar-refractivity contribution >= 4 is 16.9 Å². The van der Waals surface area contributed by atoms with E-state index in [1.165, 1.54) is 7.11 Å². The molecule has 2 aromatic rings. The van der Waals surface area contributed by atoms with Crippen LogP contribution in [0.25, 0.3) is 11.0 Å². The molecule has 3 rings (SSSR count). The zero-order chi connectivity index (χ0) is 12.7. The number of hydrogen-bond donors (Lipinski definition) is 0. The van der Waals surface area contributed by atoms with Crippen LogP contribution in [0.4, 0.5) is 0 Å². The molecule has 18 heavy (non-hydrogen) atoms. The van der Waals surface area contributed by atoms with Crippen molar-refractivity contribution in [2.45, 2.75) is 19.3 Å². The fraction of sp³-hybridized carbons (Fsp3) is 0.286. The number of fused-ring (bicyclic) bond motifs is 2. The molecular weight excluding hydrogens is 232 g/mol. The first-order chi connectivity index (χ1) is 8.70. The minimum atomic E-state index is -0.447. The van der Waals surface area contributed by atoms with E-state index in [0.717, 1.165) is 30.6 Å². The van der Waals surface area contributed by atoms with Gasteiger partial charge in [-0.2, -0.15) is 0 Å². The Hall–Kier alpha value is -2.10. The maximum atomic E-state index is 12.3. The molecule has 4 heteroatoms. The molecule has 0 atom stereocenters. The smallest absolute Gasteiger partial charge is 0.337 e. The van der Waals surface area contributed by atoms with E-state index in [1.807, 2.05) is 0 Å². The first-order valence-corrected chi connectivity index (χ1v) is 5.87. The van der Waals surface area contributed by atoms with E-state index in [9.17, 15) is 9.59 Å². The Morgan fingerprint density at radius 2 is 2.17 bits per heavy atom. The highest BCUT2D eigenvalue weighted by molar-refractivity contribution is 5.94. The molecule has 0 saturated carbocycles. The standard InChI is InChI=1S/C14H12O4/c1-17-14(16)8-5-6-12-10(7-8)13(15)9-3-2-4-11(9)18-12/h5-7H,2-4H2,1H3. The van der Waals surface area contributed by atoms with Crippen LogP contribution in [0.2, 0.25) is 0 Å². The summed E-state index contributed by atoms with van der Waals surface area (Å²) in [6.45, 7) is 0. The number of hydrogen-bond acceptors (Lipinski definition) is 4. The van der Waals surface area contributed by atoms with Gasteiger partial charge in [-0.15, -0.1) is 0 Å². The second-order valence-corrected chi connectivity index (χ2v) is 4.39. The van der Waals surface area contributed by atoms with E-state index in [4.69, 9.17) is 4.42 Å². The largest absolute Gasteiger partial charge is 0.465 e. The molecule has 4 nitrogen and oxygen atoms in total. The van der Waals surface area contributed by atoms with Gasteiger partial charge in [0.2, 0.25) is 0 Å². The Labute approximate surface area is 103 Å². The SMILES string of the molecule is COC(=O)c1ccc2oc3c(c(=O)c2c1)CCC3. The number of rotatable bonds is 1. The van der Waals surface area contributed by atoms with Gasteiger partial charge in [0.05, 0.1) is 18.1 Å². The quantitative estimate of drug-likeness (QED) is 0.720. The van der Waals surface area contributed by atoms with Gasteiger partial charge in [0.25, 0.3) is 0 Å². The van der Waals surface area contributed by atoms with Crippen LogP contribution < -0.4 is 5.43 Å². The zero-order valence-corrected chi connectivity index (χ0v) is 9.99. The molecule has 0 N–H and O–H groups in total. The number of esters is 1. The average Bonchev–Trinajstić information content (AvgIpc) is 2.86.